The highest BCUT2D eigenvalue weighted by Crippen LogP contribution is 2.34. The third kappa shape index (κ3) is 2.34. The first-order valence-corrected chi connectivity index (χ1v) is 6.12. The van der Waals surface area contributed by atoms with Crippen molar-refractivity contribution in [3.05, 3.63) is 33.7 Å². The lowest BCUT2D eigenvalue weighted by Crippen LogP contribution is -2.25. The maximum atomic E-state index is 11.6. The molecule has 4 nitrogen and oxygen atoms in total. The summed E-state index contributed by atoms with van der Waals surface area (Å²) in [5, 5.41) is 10.1. The van der Waals surface area contributed by atoms with Crippen molar-refractivity contribution in [2.75, 3.05) is 6.61 Å². The van der Waals surface area contributed by atoms with E-state index in [1.807, 2.05) is 6.08 Å². The van der Waals surface area contributed by atoms with Gasteiger partial charge in [-0.05, 0) is 23.6 Å². The molecule has 0 aromatic carbocycles. The van der Waals surface area contributed by atoms with E-state index in [4.69, 9.17) is 4.74 Å². The Morgan fingerprint density at radius 3 is 3.12 bits per heavy atom. The van der Waals surface area contributed by atoms with E-state index in [0.29, 0.717) is 17.7 Å². The molecule has 2 rings (SSSR count). The molecule has 1 aliphatic carbocycles. The Kier molecular flexibility index (Phi) is 3.47. The maximum absolute atomic E-state index is 11.6. The summed E-state index contributed by atoms with van der Waals surface area (Å²) in [4.78, 5) is 15.8. The molecule has 0 saturated heterocycles. The summed E-state index contributed by atoms with van der Waals surface area (Å²) in [5.74, 6) is -1.21. The van der Waals surface area contributed by atoms with E-state index < -0.39 is 11.9 Å². The van der Waals surface area contributed by atoms with Crippen molar-refractivity contribution >= 4 is 28.1 Å². The van der Waals surface area contributed by atoms with Crippen molar-refractivity contribution in [1.82, 2.24) is 0 Å². The SMILES string of the molecule is CCOC(=O)[C@@H]1C=NC2=CC=C(Br)CC2=C1O. The van der Waals surface area contributed by atoms with Gasteiger partial charge in [0.1, 0.15) is 11.7 Å². The van der Waals surface area contributed by atoms with Crippen LogP contribution in [0.5, 0.6) is 0 Å². The Morgan fingerprint density at radius 2 is 2.41 bits per heavy atom. The molecule has 2 aliphatic rings. The molecular formula is C12H12BrNO3. The van der Waals surface area contributed by atoms with E-state index in [0.717, 1.165) is 4.48 Å². The number of carbonyl (C=O) groups excluding carboxylic acids is 1. The fourth-order valence-corrected chi connectivity index (χ4v) is 2.16. The largest absolute Gasteiger partial charge is 0.511 e. The predicted molar refractivity (Wildman–Crippen MR) is 68.0 cm³/mol. The number of halogens is 1. The number of rotatable bonds is 2. The number of nitrogens with zero attached hydrogens (tertiary/aromatic N) is 1. The second-order valence-electron chi connectivity index (χ2n) is 3.71. The molecule has 1 aliphatic heterocycles. The molecule has 90 valence electrons. The van der Waals surface area contributed by atoms with Gasteiger partial charge < -0.3 is 9.84 Å². The summed E-state index contributed by atoms with van der Waals surface area (Å²) < 4.78 is 5.83. The molecule has 0 bridgehead atoms. The van der Waals surface area contributed by atoms with E-state index in [1.165, 1.54) is 6.21 Å². The summed E-state index contributed by atoms with van der Waals surface area (Å²) in [7, 11) is 0. The van der Waals surface area contributed by atoms with Crippen LogP contribution in [0.1, 0.15) is 13.3 Å². The third-order valence-electron chi connectivity index (χ3n) is 2.58. The van der Waals surface area contributed by atoms with E-state index in [1.54, 1.807) is 13.0 Å². The van der Waals surface area contributed by atoms with Crippen LogP contribution < -0.4 is 0 Å². The molecular weight excluding hydrogens is 286 g/mol. The second kappa shape index (κ2) is 4.87. The van der Waals surface area contributed by atoms with E-state index in [2.05, 4.69) is 20.9 Å². The Bertz CT molecular complexity index is 474. The van der Waals surface area contributed by atoms with Gasteiger partial charge in [0.15, 0.2) is 0 Å². The number of fused-ring (bicyclic) bond motifs is 1. The van der Waals surface area contributed by atoms with Crippen molar-refractivity contribution in [2.45, 2.75) is 13.3 Å². The van der Waals surface area contributed by atoms with Gasteiger partial charge in [0, 0.05) is 18.2 Å². The Morgan fingerprint density at radius 1 is 1.65 bits per heavy atom. The van der Waals surface area contributed by atoms with Gasteiger partial charge in [-0.15, -0.1) is 0 Å². The van der Waals surface area contributed by atoms with Crippen LogP contribution in [0.25, 0.3) is 0 Å². The number of aliphatic hydroxyl groups excluding tert-OH is 1. The fraction of sp³-hybridized carbons (Fsp3) is 0.333. The summed E-state index contributed by atoms with van der Waals surface area (Å²) in [6.07, 6.45) is 5.66. The van der Waals surface area contributed by atoms with Gasteiger partial charge >= 0.3 is 5.97 Å². The molecule has 0 spiro atoms. The third-order valence-corrected chi connectivity index (χ3v) is 3.13. The zero-order chi connectivity index (χ0) is 12.4. The van der Waals surface area contributed by atoms with Crippen LogP contribution in [0.15, 0.2) is 38.7 Å². The van der Waals surface area contributed by atoms with Gasteiger partial charge in [0.05, 0.1) is 12.3 Å². The van der Waals surface area contributed by atoms with Crippen LogP contribution in [-0.2, 0) is 9.53 Å². The highest BCUT2D eigenvalue weighted by atomic mass is 79.9. The van der Waals surface area contributed by atoms with Crippen LogP contribution in [0, 0.1) is 5.92 Å². The molecule has 1 N–H and O–H groups in total. The average Bonchev–Trinajstić information content (AvgIpc) is 2.30. The minimum Gasteiger partial charge on any atom is -0.511 e. The Labute approximate surface area is 108 Å². The molecule has 0 radical (unpaired) electrons. The first-order valence-electron chi connectivity index (χ1n) is 5.33. The molecule has 1 heterocycles. The lowest BCUT2D eigenvalue weighted by molar-refractivity contribution is -0.145. The first-order chi connectivity index (χ1) is 8.13. The highest BCUT2D eigenvalue weighted by molar-refractivity contribution is 9.11. The normalized spacial score (nSPS) is 22.8. The van der Waals surface area contributed by atoms with Crippen molar-refractivity contribution in [2.24, 2.45) is 10.9 Å². The zero-order valence-electron chi connectivity index (χ0n) is 9.31. The number of aliphatic imine (C=N–C) groups is 1. The van der Waals surface area contributed by atoms with E-state index in [9.17, 15) is 9.90 Å². The standard InChI is InChI=1S/C12H12BrNO3/c1-2-17-12(16)9-6-14-10-4-3-7(13)5-8(10)11(9)15/h3-4,6,9,15H,2,5H2,1H3/t9-/m1/s1. The van der Waals surface area contributed by atoms with Gasteiger partial charge in [-0.2, -0.15) is 0 Å². The number of esters is 1. The molecule has 5 heteroatoms. The molecule has 0 aromatic rings. The monoisotopic (exact) mass is 297 g/mol. The van der Waals surface area contributed by atoms with Crippen LogP contribution in [0.4, 0.5) is 0 Å². The molecule has 0 saturated carbocycles. The molecule has 0 aromatic heterocycles. The topological polar surface area (TPSA) is 58.9 Å². The number of carbonyl (C=O) groups is 1. The number of allylic oxidation sites excluding steroid dienone is 4. The highest BCUT2D eigenvalue weighted by Gasteiger charge is 2.30. The van der Waals surface area contributed by atoms with Gasteiger partial charge in [0.2, 0.25) is 0 Å². The van der Waals surface area contributed by atoms with Crippen molar-refractivity contribution in [1.29, 1.82) is 0 Å². The van der Waals surface area contributed by atoms with Crippen LogP contribution in [-0.4, -0.2) is 23.9 Å². The number of hydrogen-bond donors (Lipinski definition) is 1. The molecule has 17 heavy (non-hydrogen) atoms. The Hall–Kier alpha value is -1.36. The number of dihydropyridines is 1. The summed E-state index contributed by atoms with van der Waals surface area (Å²) in [5.41, 5.74) is 1.38. The van der Waals surface area contributed by atoms with Crippen LogP contribution >= 0.6 is 15.9 Å². The summed E-state index contributed by atoms with van der Waals surface area (Å²) >= 11 is 3.37. The van der Waals surface area contributed by atoms with Gasteiger partial charge in [-0.25, -0.2) is 0 Å². The van der Waals surface area contributed by atoms with Crippen molar-refractivity contribution < 1.29 is 14.6 Å². The van der Waals surface area contributed by atoms with Crippen molar-refractivity contribution in [3.63, 3.8) is 0 Å². The zero-order valence-corrected chi connectivity index (χ0v) is 10.9. The van der Waals surface area contributed by atoms with Crippen LogP contribution in [0.3, 0.4) is 0 Å². The molecule has 1 atom stereocenters. The minimum absolute atomic E-state index is 0.0368. The number of hydrogen-bond acceptors (Lipinski definition) is 4. The average molecular weight is 298 g/mol. The minimum atomic E-state index is -0.777. The van der Waals surface area contributed by atoms with E-state index in [-0.39, 0.29) is 12.4 Å². The Balaban J connectivity index is 2.30. The van der Waals surface area contributed by atoms with Gasteiger partial charge in [0.25, 0.3) is 0 Å². The molecule has 0 fully saturated rings. The lowest BCUT2D eigenvalue weighted by atomic mass is 9.94. The number of aliphatic hydroxyl groups is 1. The van der Waals surface area contributed by atoms with Gasteiger partial charge in [-0.1, -0.05) is 15.9 Å². The molecule has 0 amide bonds. The van der Waals surface area contributed by atoms with E-state index >= 15 is 0 Å². The summed E-state index contributed by atoms with van der Waals surface area (Å²) in [6, 6.07) is 0. The first kappa shape index (κ1) is 12.1. The summed E-state index contributed by atoms with van der Waals surface area (Å²) in [6.45, 7) is 2.02. The predicted octanol–water partition coefficient (Wildman–Crippen LogP) is 2.63. The molecule has 0 unspecified atom stereocenters. The quantitative estimate of drug-likeness (QED) is 0.797. The number of ether oxygens (including phenoxy) is 1. The van der Waals surface area contributed by atoms with Gasteiger partial charge in [-0.3, -0.25) is 9.79 Å². The van der Waals surface area contributed by atoms with Crippen molar-refractivity contribution in [3.8, 4) is 0 Å². The second-order valence-corrected chi connectivity index (χ2v) is 4.73. The van der Waals surface area contributed by atoms with Crippen LogP contribution in [0.2, 0.25) is 0 Å². The lowest BCUT2D eigenvalue weighted by Gasteiger charge is -2.22. The fourth-order valence-electron chi connectivity index (χ4n) is 1.75. The smallest absolute Gasteiger partial charge is 0.322 e. The maximum Gasteiger partial charge on any atom is 0.322 e.